The van der Waals surface area contributed by atoms with Gasteiger partial charge in [-0.1, -0.05) is 12.8 Å². The van der Waals surface area contributed by atoms with Crippen molar-refractivity contribution in [2.45, 2.75) is 38.1 Å². The quantitative estimate of drug-likeness (QED) is 0.688. The maximum absolute atomic E-state index is 11.6. The van der Waals surface area contributed by atoms with Crippen LogP contribution in [0.5, 0.6) is 0 Å². The van der Waals surface area contributed by atoms with Gasteiger partial charge in [0.1, 0.15) is 0 Å². The van der Waals surface area contributed by atoms with Gasteiger partial charge in [0.2, 0.25) is 11.8 Å². The number of nitrogens with two attached hydrogens (primary N) is 1. The van der Waals surface area contributed by atoms with Gasteiger partial charge in [-0.25, -0.2) is 0 Å². The van der Waals surface area contributed by atoms with E-state index in [9.17, 15) is 9.59 Å². The van der Waals surface area contributed by atoms with E-state index in [0.29, 0.717) is 18.4 Å². The van der Waals surface area contributed by atoms with Gasteiger partial charge in [0.15, 0.2) is 0 Å². The Hall–Kier alpha value is -1.06. The minimum absolute atomic E-state index is 0.111. The molecule has 1 saturated heterocycles. The highest BCUT2D eigenvalue weighted by Gasteiger charge is 2.40. The molecule has 0 radical (unpaired) electrons. The van der Waals surface area contributed by atoms with Crippen molar-refractivity contribution in [2.24, 2.45) is 11.7 Å². The number of fused-ring (bicyclic) bond motifs is 1. The maximum Gasteiger partial charge on any atom is 0.237 e. The molecule has 4 nitrogen and oxygen atoms in total. The smallest absolute Gasteiger partial charge is 0.237 e. The summed E-state index contributed by atoms with van der Waals surface area (Å²) in [4.78, 5) is 24.1. The van der Waals surface area contributed by atoms with E-state index >= 15 is 0 Å². The normalized spacial score (nSPS) is 31.7. The second-order valence-corrected chi connectivity index (χ2v) is 4.30. The first-order valence-corrected chi connectivity index (χ1v) is 5.26. The van der Waals surface area contributed by atoms with E-state index in [4.69, 9.17) is 5.73 Å². The van der Waals surface area contributed by atoms with Crippen molar-refractivity contribution in [3.63, 3.8) is 0 Å². The fourth-order valence-corrected chi connectivity index (χ4v) is 2.74. The third-order valence-electron chi connectivity index (χ3n) is 3.35. The van der Waals surface area contributed by atoms with E-state index in [1.807, 2.05) is 0 Å². The molecule has 2 aliphatic rings. The molecule has 0 unspecified atom stereocenters. The molecule has 14 heavy (non-hydrogen) atoms. The highest BCUT2D eigenvalue weighted by Crippen LogP contribution is 2.36. The Balaban J connectivity index is 2.07. The van der Waals surface area contributed by atoms with Crippen LogP contribution in [-0.4, -0.2) is 29.3 Å². The number of hydrogen-bond acceptors (Lipinski definition) is 2. The van der Waals surface area contributed by atoms with Crippen molar-refractivity contribution < 1.29 is 9.59 Å². The Morgan fingerprint density at radius 3 is 2.86 bits per heavy atom. The van der Waals surface area contributed by atoms with Gasteiger partial charge in [0, 0.05) is 12.5 Å². The summed E-state index contributed by atoms with van der Waals surface area (Å²) in [5.74, 6) is 0.195. The van der Waals surface area contributed by atoms with Crippen LogP contribution in [0.3, 0.4) is 0 Å². The summed E-state index contributed by atoms with van der Waals surface area (Å²) in [6.45, 7) is 0.111. The lowest BCUT2D eigenvalue weighted by molar-refractivity contribution is -0.133. The standard InChI is InChI=1S/C10H16N2O2/c11-9(13)6-12-8-4-2-1-3-7(8)5-10(12)14/h7-8H,1-6H2,(H2,11,13)/t7-,8-/m0/s1. The predicted octanol–water partition coefficient (Wildman–Crippen LogP) is 0.263. The number of amides is 2. The zero-order valence-electron chi connectivity index (χ0n) is 8.24. The summed E-state index contributed by atoms with van der Waals surface area (Å²) >= 11 is 0. The van der Waals surface area contributed by atoms with Crippen LogP contribution < -0.4 is 5.73 Å². The molecule has 2 atom stereocenters. The minimum Gasteiger partial charge on any atom is -0.368 e. The van der Waals surface area contributed by atoms with Gasteiger partial charge < -0.3 is 10.6 Å². The number of hydrogen-bond donors (Lipinski definition) is 1. The van der Waals surface area contributed by atoms with Crippen molar-refractivity contribution in [1.29, 1.82) is 0 Å². The van der Waals surface area contributed by atoms with E-state index in [1.165, 1.54) is 12.8 Å². The summed E-state index contributed by atoms with van der Waals surface area (Å²) < 4.78 is 0. The third kappa shape index (κ3) is 1.61. The summed E-state index contributed by atoms with van der Waals surface area (Å²) in [7, 11) is 0. The summed E-state index contributed by atoms with van der Waals surface area (Å²) in [5.41, 5.74) is 5.12. The highest BCUT2D eigenvalue weighted by atomic mass is 16.2. The van der Waals surface area contributed by atoms with Crippen LogP contribution in [0.25, 0.3) is 0 Å². The second kappa shape index (κ2) is 3.59. The lowest BCUT2D eigenvalue weighted by atomic mass is 9.85. The maximum atomic E-state index is 11.6. The van der Waals surface area contributed by atoms with Gasteiger partial charge in [-0.15, -0.1) is 0 Å². The lowest BCUT2D eigenvalue weighted by Crippen LogP contribution is -2.42. The first-order valence-electron chi connectivity index (χ1n) is 5.26. The fraction of sp³-hybridized carbons (Fsp3) is 0.800. The average molecular weight is 196 g/mol. The Morgan fingerprint density at radius 2 is 2.14 bits per heavy atom. The predicted molar refractivity (Wildman–Crippen MR) is 51.3 cm³/mol. The molecule has 2 amide bonds. The van der Waals surface area contributed by atoms with Crippen molar-refractivity contribution in [1.82, 2.24) is 4.90 Å². The first kappa shape index (κ1) is 9.49. The van der Waals surface area contributed by atoms with Gasteiger partial charge in [-0.05, 0) is 18.8 Å². The number of carbonyl (C=O) groups excluding carboxylic acids is 2. The molecule has 0 aromatic heterocycles. The van der Waals surface area contributed by atoms with Crippen LogP contribution in [0.1, 0.15) is 32.1 Å². The van der Waals surface area contributed by atoms with Crippen molar-refractivity contribution in [3.05, 3.63) is 0 Å². The van der Waals surface area contributed by atoms with Crippen LogP contribution in [0.15, 0.2) is 0 Å². The summed E-state index contributed by atoms with van der Waals surface area (Å²) in [6.07, 6.45) is 5.19. The molecule has 1 heterocycles. The monoisotopic (exact) mass is 196 g/mol. The Bertz CT molecular complexity index is 265. The molecule has 78 valence electrons. The Morgan fingerprint density at radius 1 is 1.43 bits per heavy atom. The van der Waals surface area contributed by atoms with Crippen molar-refractivity contribution in [3.8, 4) is 0 Å². The third-order valence-corrected chi connectivity index (χ3v) is 3.35. The molecule has 0 aromatic carbocycles. The van der Waals surface area contributed by atoms with Crippen molar-refractivity contribution in [2.75, 3.05) is 6.54 Å². The van der Waals surface area contributed by atoms with E-state index in [-0.39, 0.29) is 12.5 Å². The Labute approximate surface area is 83.4 Å². The molecule has 2 rings (SSSR count). The molecule has 2 N–H and O–H groups in total. The molecule has 1 aliphatic heterocycles. The van der Waals surface area contributed by atoms with Gasteiger partial charge in [0.25, 0.3) is 0 Å². The topological polar surface area (TPSA) is 63.4 Å². The van der Waals surface area contributed by atoms with E-state index in [0.717, 1.165) is 12.8 Å². The number of nitrogens with zero attached hydrogens (tertiary/aromatic N) is 1. The number of rotatable bonds is 2. The van der Waals surface area contributed by atoms with Crippen molar-refractivity contribution >= 4 is 11.8 Å². The number of likely N-dealkylation sites (tertiary alicyclic amines) is 1. The first-order chi connectivity index (χ1) is 6.68. The van der Waals surface area contributed by atoms with Gasteiger partial charge in [0.05, 0.1) is 6.54 Å². The van der Waals surface area contributed by atoms with Gasteiger partial charge in [-0.2, -0.15) is 0 Å². The molecule has 1 aliphatic carbocycles. The van der Waals surface area contributed by atoms with Crippen LogP contribution in [0.4, 0.5) is 0 Å². The molecule has 4 heteroatoms. The molecular formula is C10H16N2O2. The van der Waals surface area contributed by atoms with Crippen LogP contribution in [0, 0.1) is 5.92 Å². The molecule has 0 bridgehead atoms. The SMILES string of the molecule is NC(=O)CN1C(=O)C[C@@H]2CCCC[C@@H]21. The second-order valence-electron chi connectivity index (χ2n) is 4.30. The molecular weight excluding hydrogens is 180 g/mol. The molecule has 1 saturated carbocycles. The fourth-order valence-electron chi connectivity index (χ4n) is 2.74. The van der Waals surface area contributed by atoms with Crippen LogP contribution >= 0.6 is 0 Å². The number of primary amides is 1. The van der Waals surface area contributed by atoms with Gasteiger partial charge in [-0.3, -0.25) is 9.59 Å². The van der Waals surface area contributed by atoms with E-state index < -0.39 is 5.91 Å². The Kier molecular flexibility index (Phi) is 2.44. The average Bonchev–Trinajstić information content (AvgIpc) is 2.43. The minimum atomic E-state index is -0.399. The summed E-state index contributed by atoms with van der Waals surface area (Å²) in [5, 5.41) is 0. The lowest BCUT2D eigenvalue weighted by Gasteiger charge is -2.30. The van der Waals surface area contributed by atoms with Crippen LogP contribution in [0.2, 0.25) is 0 Å². The van der Waals surface area contributed by atoms with Crippen LogP contribution in [-0.2, 0) is 9.59 Å². The zero-order chi connectivity index (χ0) is 10.1. The molecule has 2 fully saturated rings. The van der Waals surface area contributed by atoms with E-state index in [2.05, 4.69) is 0 Å². The number of carbonyl (C=O) groups is 2. The largest absolute Gasteiger partial charge is 0.368 e. The highest BCUT2D eigenvalue weighted by molar-refractivity contribution is 5.85. The summed E-state index contributed by atoms with van der Waals surface area (Å²) in [6, 6.07) is 0.295. The van der Waals surface area contributed by atoms with E-state index in [1.54, 1.807) is 4.90 Å². The zero-order valence-corrected chi connectivity index (χ0v) is 8.24. The molecule has 0 aromatic rings. The molecule has 0 spiro atoms. The van der Waals surface area contributed by atoms with Gasteiger partial charge >= 0.3 is 0 Å².